The predicted molar refractivity (Wildman–Crippen MR) is 148 cm³/mol. The molecule has 1 atom stereocenters. The van der Waals surface area contributed by atoms with Crippen LogP contribution in [0.1, 0.15) is 79.7 Å². The second-order valence-corrected chi connectivity index (χ2v) is 9.49. The predicted octanol–water partition coefficient (Wildman–Crippen LogP) is 6.22. The van der Waals surface area contributed by atoms with Crippen molar-refractivity contribution in [3.8, 4) is 5.75 Å². The molecule has 0 saturated carbocycles. The molecule has 0 saturated heterocycles. The molecule has 0 fully saturated rings. The normalized spacial score (nSPS) is 12.7. The van der Waals surface area contributed by atoms with Crippen molar-refractivity contribution in [3.63, 3.8) is 0 Å². The number of alkyl carbamates (subject to hydrolysis) is 1. The number of benzene rings is 1. The van der Waals surface area contributed by atoms with Crippen LogP contribution in [0.15, 0.2) is 57.4 Å². The van der Waals surface area contributed by atoms with Crippen LogP contribution in [-0.2, 0) is 18.2 Å². The molecule has 2 N–H and O–H groups in total. The number of amides is 1. The highest BCUT2D eigenvalue weighted by Gasteiger charge is 2.22. The summed E-state index contributed by atoms with van der Waals surface area (Å²) in [6, 6.07) is 9.73. The van der Waals surface area contributed by atoms with Crippen molar-refractivity contribution in [1.82, 2.24) is 9.88 Å². The second-order valence-electron chi connectivity index (χ2n) is 9.49. The number of carbonyl (C=O) groups is 2. The Morgan fingerprint density at radius 1 is 1.24 bits per heavy atom. The van der Waals surface area contributed by atoms with Crippen LogP contribution in [0.25, 0.3) is 17.0 Å². The first-order valence-electron chi connectivity index (χ1n) is 12.8. The van der Waals surface area contributed by atoms with Gasteiger partial charge in [-0.25, -0.2) is 9.59 Å². The van der Waals surface area contributed by atoms with Crippen molar-refractivity contribution in [1.29, 1.82) is 0 Å². The van der Waals surface area contributed by atoms with Crippen LogP contribution in [0.4, 0.5) is 4.79 Å². The number of ketones is 1. The second kappa shape index (κ2) is 12.9. The van der Waals surface area contributed by atoms with Gasteiger partial charge < -0.3 is 18.8 Å². The minimum absolute atomic E-state index is 0.199. The summed E-state index contributed by atoms with van der Waals surface area (Å²) < 4.78 is 11.9. The van der Waals surface area contributed by atoms with E-state index in [1.807, 2.05) is 24.6 Å². The van der Waals surface area contributed by atoms with Gasteiger partial charge in [-0.3, -0.25) is 10.1 Å². The van der Waals surface area contributed by atoms with Crippen LogP contribution in [-0.4, -0.2) is 28.7 Å². The van der Waals surface area contributed by atoms with E-state index < -0.39 is 23.3 Å². The number of unbranched alkanes of at least 4 members (excludes halogenated alkanes) is 1. The highest BCUT2D eigenvalue weighted by atomic mass is 16.5. The van der Waals surface area contributed by atoms with Gasteiger partial charge in [0, 0.05) is 41.8 Å². The van der Waals surface area contributed by atoms with Gasteiger partial charge in [-0.2, -0.15) is 0 Å². The topological polar surface area (TPSA) is 111 Å². The average Bonchev–Trinajstić information content (AvgIpc) is 3.20. The molecule has 0 aliphatic heterocycles. The zero-order valence-electron chi connectivity index (χ0n) is 22.7. The van der Waals surface area contributed by atoms with Crippen LogP contribution < -0.4 is 10.9 Å². The van der Waals surface area contributed by atoms with E-state index in [2.05, 4.69) is 35.2 Å². The van der Waals surface area contributed by atoms with Crippen LogP contribution in [0.3, 0.4) is 0 Å². The van der Waals surface area contributed by atoms with E-state index in [1.165, 1.54) is 24.9 Å². The SMILES string of the molecule is CCCCc1ccc2c(c1)cc(C=C(C)C(=O)c1c(O)cc(C(C)CC/C=C/NC(=O)OC)oc1=O)n2C. The smallest absolute Gasteiger partial charge is 0.410 e. The number of allylic oxidation sites excluding steroid dienone is 2. The van der Waals surface area contributed by atoms with Crippen molar-refractivity contribution in [2.45, 2.75) is 58.8 Å². The largest absolute Gasteiger partial charge is 0.507 e. The number of aryl methyl sites for hydroxylation is 2. The molecular weight excluding hydrogens is 484 g/mol. The summed E-state index contributed by atoms with van der Waals surface area (Å²) >= 11 is 0. The summed E-state index contributed by atoms with van der Waals surface area (Å²) in [6.07, 6.45) is 8.85. The first kappa shape index (κ1) is 28.5. The Morgan fingerprint density at radius 3 is 2.68 bits per heavy atom. The number of methoxy groups -OCH3 is 1. The van der Waals surface area contributed by atoms with E-state index in [4.69, 9.17) is 4.42 Å². The maximum absolute atomic E-state index is 13.1. The molecule has 0 spiro atoms. The number of nitrogens with zero attached hydrogens (tertiary/aromatic N) is 1. The standard InChI is InChI=1S/C30H36N2O6/c1-6-7-11-21-12-13-24-22(16-21)17-23(32(24)4)15-20(3)28(34)27-25(33)18-26(38-29(27)35)19(2)10-8-9-14-31-30(36)37-5/h9,12-19,33H,6-8,10-11H2,1-5H3,(H,31,36)/b14-9+,20-15?. The Morgan fingerprint density at radius 2 is 2.00 bits per heavy atom. The Hall–Kier alpha value is -4.07. The van der Waals surface area contributed by atoms with Crippen LogP contribution >= 0.6 is 0 Å². The van der Waals surface area contributed by atoms with Crippen molar-refractivity contribution in [3.05, 3.63) is 81.2 Å². The van der Waals surface area contributed by atoms with E-state index in [0.717, 1.165) is 35.9 Å². The number of fused-ring (bicyclic) bond motifs is 1. The maximum atomic E-state index is 13.1. The first-order chi connectivity index (χ1) is 18.2. The lowest BCUT2D eigenvalue weighted by atomic mass is 9.99. The molecule has 2 heterocycles. The number of hydrogen-bond acceptors (Lipinski definition) is 6. The Kier molecular flexibility index (Phi) is 9.71. The monoisotopic (exact) mass is 520 g/mol. The Balaban J connectivity index is 1.77. The zero-order chi connectivity index (χ0) is 27.8. The Bertz CT molecular complexity index is 1430. The molecular formula is C30H36N2O6. The van der Waals surface area contributed by atoms with Crippen LogP contribution in [0.2, 0.25) is 0 Å². The molecule has 0 radical (unpaired) electrons. The van der Waals surface area contributed by atoms with Gasteiger partial charge in [0.15, 0.2) is 5.78 Å². The maximum Gasteiger partial charge on any atom is 0.410 e. The highest BCUT2D eigenvalue weighted by Crippen LogP contribution is 2.27. The first-order valence-corrected chi connectivity index (χ1v) is 12.8. The molecule has 202 valence electrons. The zero-order valence-corrected chi connectivity index (χ0v) is 22.7. The Labute approximate surface area is 222 Å². The lowest BCUT2D eigenvalue weighted by Gasteiger charge is -2.11. The van der Waals surface area contributed by atoms with E-state index in [1.54, 1.807) is 19.1 Å². The number of aromatic nitrogens is 1. The third kappa shape index (κ3) is 6.82. The van der Waals surface area contributed by atoms with Gasteiger partial charge in [0.2, 0.25) is 0 Å². The highest BCUT2D eigenvalue weighted by molar-refractivity contribution is 6.12. The number of ether oxygens (including phenoxy) is 1. The molecule has 3 rings (SSSR count). The molecule has 8 heteroatoms. The van der Waals surface area contributed by atoms with E-state index in [-0.39, 0.29) is 17.2 Å². The van der Waals surface area contributed by atoms with E-state index in [9.17, 15) is 19.5 Å². The van der Waals surface area contributed by atoms with Crippen molar-refractivity contribution < 1.29 is 23.8 Å². The average molecular weight is 521 g/mol. The van der Waals surface area contributed by atoms with Gasteiger partial charge >= 0.3 is 11.7 Å². The molecule has 0 aliphatic carbocycles. The molecule has 38 heavy (non-hydrogen) atoms. The fourth-order valence-corrected chi connectivity index (χ4v) is 4.29. The summed E-state index contributed by atoms with van der Waals surface area (Å²) in [7, 11) is 3.21. The minimum Gasteiger partial charge on any atom is -0.507 e. The summed E-state index contributed by atoms with van der Waals surface area (Å²) in [6.45, 7) is 5.64. The molecule has 3 aromatic rings. The van der Waals surface area contributed by atoms with E-state index >= 15 is 0 Å². The summed E-state index contributed by atoms with van der Waals surface area (Å²) in [5.41, 5.74) is 2.21. The fourth-order valence-electron chi connectivity index (χ4n) is 4.29. The number of carbonyl (C=O) groups excluding carboxylic acids is 2. The van der Waals surface area contributed by atoms with Crippen LogP contribution in [0.5, 0.6) is 5.75 Å². The number of nitrogens with one attached hydrogen (secondary N) is 1. The molecule has 1 aromatic carbocycles. The molecule has 0 aliphatic rings. The third-order valence-electron chi connectivity index (χ3n) is 6.62. The molecule has 1 unspecified atom stereocenters. The summed E-state index contributed by atoms with van der Waals surface area (Å²) in [5.74, 6) is -0.898. The lowest BCUT2D eigenvalue weighted by Crippen LogP contribution is -2.17. The molecule has 0 bridgehead atoms. The van der Waals surface area contributed by atoms with E-state index in [0.29, 0.717) is 18.4 Å². The minimum atomic E-state index is -0.870. The van der Waals surface area contributed by atoms with Gasteiger partial charge in [-0.15, -0.1) is 0 Å². The summed E-state index contributed by atoms with van der Waals surface area (Å²) in [4.78, 5) is 36.9. The fraction of sp³-hybridized carbons (Fsp3) is 0.367. The van der Waals surface area contributed by atoms with Crippen molar-refractivity contribution in [2.24, 2.45) is 7.05 Å². The van der Waals surface area contributed by atoms with Gasteiger partial charge in [0.25, 0.3) is 0 Å². The van der Waals surface area contributed by atoms with Gasteiger partial charge in [0.05, 0.1) is 7.11 Å². The van der Waals surface area contributed by atoms with Gasteiger partial charge in [0.1, 0.15) is 17.1 Å². The number of aromatic hydroxyl groups is 1. The number of hydrogen-bond donors (Lipinski definition) is 2. The number of rotatable bonds is 11. The van der Waals surface area contributed by atoms with Gasteiger partial charge in [-0.1, -0.05) is 32.4 Å². The van der Waals surface area contributed by atoms with Gasteiger partial charge in [-0.05, 0) is 68.0 Å². The summed E-state index contributed by atoms with van der Waals surface area (Å²) in [5, 5.41) is 14.1. The molecule has 1 amide bonds. The molecule has 2 aromatic heterocycles. The van der Waals surface area contributed by atoms with Crippen LogP contribution in [0, 0.1) is 0 Å². The van der Waals surface area contributed by atoms with Crippen molar-refractivity contribution >= 4 is 28.9 Å². The number of Topliss-reactive ketones (excluding diaryl/α,β-unsaturated/α-hetero) is 1. The van der Waals surface area contributed by atoms with Crippen molar-refractivity contribution in [2.75, 3.05) is 7.11 Å². The molecule has 8 nitrogen and oxygen atoms in total. The third-order valence-corrected chi connectivity index (χ3v) is 6.62. The lowest BCUT2D eigenvalue weighted by molar-refractivity contribution is 0.102. The quantitative estimate of drug-likeness (QED) is 0.229.